The first-order chi connectivity index (χ1) is 14.7. The van der Waals surface area contributed by atoms with Crippen LogP contribution in [0, 0.1) is 23.1 Å². The van der Waals surface area contributed by atoms with Crippen LogP contribution in [0.1, 0.15) is 13.8 Å². The highest BCUT2D eigenvalue weighted by molar-refractivity contribution is 7.89. The highest BCUT2D eigenvalue weighted by atomic mass is 32.2. The van der Waals surface area contributed by atoms with Crippen LogP contribution in [0.15, 0.2) is 59.5 Å². The van der Waals surface area contributed by atoms with Crippen molar-refractivity contribution < 1.29 is 27.1 Å². The van der Waals surface area contributed by atoms with E-state index in [0.29, 0.717) is 5.69 Å². The van der Waals surface area contributed by atoms with E-state index in [1.807, 2.05) is 6.07 Å². The van der Waals surface area contributed by atoms with Crippen molar-refractivity contribution in [2.75, 3.05) is 18.1 Å². The number of hydrogen-bond acceptors (Lipinski definition) is 6. The normalized spacial score (nSPS) is 12.1. The number of rotatable bonds is 9. The summed E-state index contributed by atoms with van der Waals surface area (Å²) in [4.78, 5) is 25.5. The number of ether oxygens (including phenoxy) is 1. The maximum absolute atomic E-state index is 13.9. The van der Waals surface area contributed by atoms with E-state index in [0.717, 1.165) is 17.0 Å². The maximum atomic E-state index is 13.9. The second-order valence-corrected chi connectivity index (χ2v) is 8.54. The molecule has 31 heavy (non-hydrogen) atoms. The predicted molar refractivity (Wildman–Crippen MR) is 111 cm³/mol. The minimum atomic E-state index is -4.35. The zero-order valence-electron chi connectivity index (χ0n) is 17.0. The van der Waals surface area contributed by atoms with Crippen LogP contribution in [0.4, 0.5) is 10.1 Å². The molecule has 10 heteroatoms. The summed E-state index contributed by atoms with van der Waals surface area (Å²) in [6.45, 7) is 2.20. The molecule has 0 aliphatic heterocycles. The molecule has 0 aliphatic carbocycles. The molecule has 0 fully saturated rings. The summed E-state index contributed by atoms with van der Waals surface area (Å²) < 4.78 is 46.1. The van der Waals surface area contributed by atoms with E-state index in [1.165, 1.54) is 12.1 Å². The number of carbonyl (C=O) groups excluding carboxylic acids is 2. The molecule has 0 heterocycles. The van der Waals surface area contributed by atoms with Gasteiger partial charge in [0.1, 0.15) is 23.3 Å². The lowest BCUT2D eigenvalue weighted by molar-refractivity contribution is -0.150. The van der Waals surface area contributed by atoms with Gasteiger partial charge in [-0.1, -0.05) is 44.2 Å². The molecule has 0 aliphatic rings. The van der Waals surface area contributed by atoms with Crippen molar-refractivity contribution >= 4 is 27.6 Å². The molecule has 1 N–H and O–H groups in total. The topological polar surface area (TPSA) is 117 Å². The van der Waals surface area contributed by atoms with Gasteiger partial charge in [0.15, 0.2) is 6.61 Å². The lowest BCUT2D eigenvalue weighted by atomic mass is 10.1. The molecule has 164 valence electrons. The van der Waals surface area contributed by atoms with Gasteiger partial charge in [-0.05, 0) is 30.2 Å². The van der Waals surface area contributed by atoms with Gasteiger partial charge in [-0.25, -0.2) is 12.8 Å². The quantitative estimate of drug-likeness (QED) is 0.465. The molecule has 0 aromatic heterocycles. The fourth-order valence-electron chi connectivity index (χ4n) is 2.65. The van der Waals surface area contributed by atoms with Gasteiger partial charge in [0, 0.05) is 5.69 Å². The molecule has 2 rings (SSSR count). The van der Waals surface area contributed by atoms with Gasteiger partial charge in [-0.2, -0.15) is 9.98 Å². The molecule has 1 unspecified atom stereocenters. The Morgan fingerprint density at radius 3 is 2.32 bits per heavy atom. The Labute approximate surface area is 180 Å². The standard InChI is InChI=1S/C21H22FN3O5S/c1-15(2)20(24-31(28,29)18-11-7-6-10-17(18)22)21(27)30-14-19(26)25(13-12-23)16-8-4-3-5-9-16/h3-11,15,20,24H,13-14H2,1-2H3. The van der Waals surface area contributed by atoms with Crippen LogP contribution in [0.2, 0.25) is 0 Å². The lowest BCUT2D eigenvalue weighted by Crippen LogP contribution is -2.46. The second-order valence-electron chi connectivity index (χ2n) is 6.85. The number of nitrogens with zero attached hydrogens (tertiary/aromatic N) is 2. The third-order valence-corrected chi connectivity index (χ3v) is 5.74. The molecular weight excluding hydrogens is 425 g/mol. The summed E-state index contributed by atoms with van der Waals surface area (Å²) in [6.07, 6.45) is 0. The highest BCUT2D eigenvalue weighted by Gasteiger charge is 2.31. The SMILES string of the molecule is CC(C)C(NS(=O)(=O)c1ccccc1F)C(=O)OCC(=O)N(CC#N)c1ccccc1. The number of benzene rings is 2. The summed E-state index contributed by atoms with van der Waals surface area (Å²) in [7, 11) is -4.35. The number of carbonyl (C=O) groups is 2. The zero-order chi connectivity index (χ0) is 23.0. The molecule has 1 amide bonds. The lowest BCUT2D eigenvalue weighted by Gasteiger charge is -2.23. The summed E-state index contributed by atoms with van der Waals surface area (Å²) in [5.74, 6) is -3.15. The zero-order valence-corrected chi connectivity index (χ0v) is 17.8. The van der Waals surface area contributed by atoms with Crippen LogP contribution < -0.4 is 9.62 Å². The van der Waals surface area contributed by atoms with Crippen molar-refractivity contribution in [1.29, 1.82) is 5.26 Å². The molecule has 8 nitrogen and oxygen atoms in total. The molecule has 0 bridgehead atoms. The van der Waals surface area contributed by atoms with E-state index in [4.69, 9.17) is 10.00 Å². The fourth-order valence-corrected chi connectivity index (χ4v) is 4.06. The van der Waals surface area contributed by atoms with Gasteiger partial charge < -0.3 is 4.74 Å². The minimum absolute atomic E-state index is 0.256. The Morgan fingerprint density at radius 2 is 1.74 bits per heavy atom. The van der Waals surface area contributed by atoms with E-state index >= 15 is 0 Å². The molecule has 2 aromatic rings. The first-order valence-electron chi connectivity index (χ1n) is 9.33. The summed E-state index contributed by atoms with van der Waals surface area (Å²) in [5.41, 5.74) is 0.450. The number of anilines is 1. The van der Waals surface area contributed by atoms with E-state index in [-0.39, 0.29) is 6.54 Å². The summed E-state index contributed by atoms with van der Waals surface area (Å²) >= 11 is 0. The summed E-state index contributed by atoms with van der Waals surface area (Å²) in [6, 6.07) is 13.6. The third kappa shape index (κ3) is 6.34. The van der Waals surface area contributed by atoms with Crippen LogP contribution in [-0.2, 0) is 24.3 Å². The fraction of sp³-hybridized carbons (Fsp3) is 0.286. The van der Waals surface area contributed by atoms with Gasteiger partial charge in [0.2, 0.25) is 10.0 Å². The molecule has 1 atom stereocenters. The maximum Gasteiger partial charge on any atom is 0.324 e. The van der Waals surface area contributed by atoms with Crippen LogP contribution in [-0.4, -0.2) is 39.5 Å². The van der Waals surface area contributed by atoms with E-state index in [2.05, 4.69) is 4.72 Å². The van der Waals surface area contributed by atoms with Gasteiger partial charge in [-0.3, -0.25) is 14.5 Å². The molecule has 0 spiro atoms. The van der Waals surface area contributed by atoms with Crippen molar-refractivity contribution in [3.8, 4) is 6.07 Å². The van der Waals surface area contributed by atoms with Crippen molar-refractivity contribution in [2.45, 2.75) is 24.8 Å². The average molecular weight is 447 g/mol. The first kappa shape index (κ1) is 24.0. The predicted octanol–water partition coefficient (Wildman–Crippen LogP) is 2.23. The Hall–Kier alpha value is -3.29. The van der Waals surface area contributed by atoms with Crippen LogP contribution in [0.25, 0.3) is 0 Å². The van der Waals surface area contributed by atoms with Gasteiger partial charge >= 0.3 is 5.97 Å². The largest absolute Gasteiger partial charge is 0.454 e. The van der Waals surface area contributed by atoms with Crippen LogP contribution in [0.5, 0.6) is 0 Å². The first-order valence-corrected chi connectivity index (χ1v) is 10.8. The van der Waals surface area contributed by atoms with E-state index < -0.39 is 51.2 Å². The Balaban J connectivity index is 2.11. The van der Waals surface area contributed by atoms with Gasteiger partial charge in [-0.15, -0.1) is 0 Å². The monoisotopic (exact) mass is 447 g/mol. The van der Waals surface area contributed by atoms with Crippen LogP contribution in [0.3, 0.4) is 0 Å². The van der Waals surface area contributed by atoms with E-state index in [1.54, 1.807) is 44.2 Å². The van der Waals surface area contributed by atoms with Gasteiger partial charge in [0.05, 0.1) is 6.07 Å². The number of amides is 1. The summed E-state index contributed by atoms with van der Waals surface area (Å²) in [5, 5.41) is 8.98. The number of para-hydroxylation sites is 1. The third-order valence-electron chi connectivity index (χ3n) is 4.26. The van der Waals surface area contributed by atoms with E-state index in [9.17, 15) is 22.4 Å². The number of esters is 1. The van der Waals surface area contributed by atoms with Crippen molar-refractivity contribution in [1.82, 2.24) is 4.72 Å². The molecule has 0 radical (unpaired) electrons. The van der Waals surface area contributed by atoms with Crippen LogP contribution >= 0.6 is 0 Å². The van der Waals surface area contributed by atoms with Crippen molar-refractivity contribution in [3.63, 3.8) is 0 Å². The number of nitrogens with one attached hydrogen (secondary N) is 1. The number of halogens is 1. The Kier molecular flexibility index (Phi) is 8.24. The minimum Gasteiger partial charge on any atom is -0.454 e. The average Bonchev–Trinajstić information content (AvgIpc) is 2.74. The number of sulfonamides is 1. The van der Waals surface area contributed by atoms with Crippen molar-refractivity contribution in [2.24, 2.45) is 5.92 Å². The molecular formula is C21H22FN3O5S. The molecule has 0 saturated heterocycles. The number of nitriles is 1. The molecule has 0 saturated carbocycles. The highest BCUT2D eigenvalue weighted by Crippen LogP contribution is 2.17. The Morgan fingerprint density at radius 1 is 1.13 bits per heavy atom. The van der Waals surface area contributed by atoms with Crippen molar-refractivity contribution in [3.05, 3.63) is 60.4 Å². The number of hydrogen-bond donors (Lipinski definition) is 1. The molecule has 2 aromatic carbocycles. The smallest absolute Gasteiger partial charge is 0.324 e. The van der Waals surface area contributed by atoms with Gasteiger partial charge in [0.25, 0.3) is 5.91 Å². The second kappa shape index (κ2) is 10.7. The Bertz CT molecular complexity index is 1070.